The van der Waals surface area contributed by atoms with Crippen molar-refractivity contribution in [2.75, 3.05) is 27.4 Å². The topological polar surface area (TPSA) is 86.5 Å². The highest BCUT2D eigenvalue weighted by Gasteiger charge is 2.32. The molecule has 7 nitrogen and oxygen atoms in total. The van der Waals surface area contributed by atoms with Crippen LogP contribution in [0.1, 0.15) is 33.1 Å². The van der Waals surface area contributed by atoms with E-state index in [2.05, 4.69) is 42.4 Å². The standard InChI is InChI=1S/C24H33N3O4/c1-15(2)21-11-18(16(3)10-19(21)13-25-22(28)14-29-4)12-23-26-27-24(31-23)17-6-8-20(30-5)9-7-17/h6-10,15,18-19,21H,11-14H2,1-5H3,(H,25,28). The molecular formula is C24H33N3O4. The summed E-state index contributed by atoms with van der Waals surface area (Å²) in [5.41, 5.74) is 2.19. The first-order valence-corrected chi connectivity index (χ1v) is 10.8. The normalized spacial score (nSPS) is 21.1. The van der Waals surface area contributed by atoms with Gasteiger partial charge in [0, 0.05) is 25.6 Å². The second-order valence-corrected chi connectivity index (χ2v) is 8.59. The molecule has 0 bridgehead atoms. The number of methoxy groups -OCH3 is 2. The molecule has 0 aliphatic heterocycles. The largest absolute Gasteiger partial charge is 0.497 e. The van der Waals surface area contributed by atoms with E-state index >= 15 is 0 Å². The summed E-state index contributed by atoms with van der Waals surface area (Å²) in [4.78, 5) is 11.8. The van der Waals surface area contributed by atoms with Gasteiger partial charge in [-0.05, 0) is 61.3 Å². The van der Waals surface area contributed by atoms with Gasteiger partial charge in [-0.25, -0.2) is 0 Å². The minimum atomic E-state index is -0.0740. The van der Waals surface area contributed by atoms with Crippen molar-refractivity contribution < 1.29 is 18.7 Å². The number of allylic oxidation sites excluding steroid dienone is 1. The van der Waals surface area contributed by atoms with Crippen LogP contribution in [0.15, 0.2) is 40.3 Å². The molecular weight excluding hydrogens is 394 g/mol. The highest BCUT2D eigenvalue weighted by molar-refractivity contribution is 5.77. The van der Waals surface area contributed by atoms with Crippen LogP contribution in [0.5, 0.6) is 5.75 Å². The lowest BCUT2D eigenvalue weighted by molar-refractivity contribution is -0.124. The Morgan fingerprint density at radius 1 is 1.23 bits per heavy atom. The molecule has 3 unspecified atom stereocenters. The highest BCUT2D eigenvalue weighted by Crippen LogP contribution is 2.38. The maximum atomic E-state index is 11.8. The number of nitrogens with one attached hydrogen (secondary N) is 1. The van der Waals surface area contributed by atoms with Crippen LogP contribution in [-0.4, -0.2) is 43.5 Å². The van der Waals surface area contributed by atoms with E-state index in [0.717, 1.165) is 24.2 Å². The number of amides is 1. The first-order valence-electron chi connectivity index (χ1n) is 10.8. The molecule has 168 valence electrons. The zero-order valence-corrected chi connectivity index (χ0v) is 19.1. The van der Waals surface area contributed by atoms with Crippen LogP contribution in [0.2, 0.25) is 0 Å². The van der Waals surface area contributed by atoms with Crippen molar-refractivity contribution in [3.05, 3.63) is 41.8 Å². The third-order valence-electron chi connectivity index (χ3n) is 6.12. The summed E-state index contributed by atoms with van der Waals surface area (Å²) in [5, 5.41) is 11.5. The SMILES string of the molecule is COCC(=O)NCC1C=C(C)C(Cc2nnc(-c3ccc(OC)cc3)o2)CC1C(C)C. The second kappa shape index (κ2) is 10.6. The van der Waals surface area contributed by atoms with Gasteiger partial charge < -0.3 is 19.2 Å². The number of benzene rings is 1. The van der Waals surface area contributed by atoms with Gasteiger partial charge in [0.05, 0.1) is 7.11 Å². The van der Waals surface area contributed by atoms with E-state index in [-0.39, 0.29) is 12.5 Å². The summed E-state index contributed by atoms with van der Waals surface area (Å²) >= 11 is 0. The molecule has 1 N–H and O–H groups in total. The maximum Gasteiger partial charge on any atom is 0.247 e. The fourth-order valence-corrected chi connectivity index (χ4v) is 4.32. The molecule has 7 heteroatoms. The molecule has 1 aliphatic rings. The Morgan fingerprint density at radius 2 is 1.97 bits per heavy atom. The average molecular weight is 428 g/mol. The van der Waals surface area contributed by atoms with E-state index < -0.39 is 0 Å². The molecule has 3 rings (SSSR count). The minimum Gasteiger partial charge on any atom is -0.497 e. The van der Waals surface area contributed by atoms with Gasteiger partial charge in [-0.15, -0.1) is 10.2 Å². The Kier molecular flexibility index (Phi) is 7.85. The summed E-state index contributed by atoms with van der Waals surface area (Å²) in [6.45, 7) is 7.38. The van der Waals surface area contributed by atoms with Crippen LogP contribution in [-0.2, 0) is 16.0 Å². The number of hydrogen-bond donors (Lipinski definition) is 1. The lowest BCUT2D eigenvalue weighted by atomic mass is 9.70. The maximum absolute atomic E-state index is 11.8. The lowest BCUT2D eigenvalue weighted by Crippen LogP contribution is -2.38. The van der Waals surface area contributed by atoms with E-state index in [1.165, 1.54) is 12.7 Å². The Morgan fingerprint density at radius 3 is 2.61 bits per heavy atom. The Labute approximate surface area is 184 Å². The number of hydrogen-bond acceptors (Lipinski definition) is 6. The number of ether oxygens (including phenoxy) is 2. The predicted molar refractivity (Wildman–Crippen MR) is 119 cm³/mol. The number of aromatic nitrogens is 2. The van der Waals surface area contributed by atoms with Crippen LogP contribution >= 0.6 is 0 Å². The molecule has 1 aromatic heterocycles. The first kappa shape index (κ1) is 23.0. The number of nitrogens with zero attached hydrogens (tertiary/aromatic N) is 2. The van der Waals surface area contributed by atoms with Crippen molar-refractivity contribution in [1.82, 2.24) is 15.5 Å². The molecule has 0 saturated heterocycles. The van der Waals surface area contributed by atoms with E-state index in [4.69, 9.17) is 13.9 Å². The van der Waals surface area contributed by atoms with Crippen molar-refractivity contribution in [2.45, 2.75) is 33.6 Å². The van der Waals surface area contributed by atoms with Crippen molar-refractivity contribution in [3.63, 3.8) is 0 Å². The summed E-state index contributed by atoms with van der Waals surface area (Å²) in [7, 11) is 3.17. The fraction of sp³-hybridized carbons (Fsp3) is 0.542. The molecule has 0 fully saturated rings. The second-order valence-electron chi connectivity index (χ2n) is 8.59. The van der Waals surface area contributed by atoms with Crippen molar-refractivity contribution >= 4 is 5.91 Å². The summed E-state index contributed by atoms with van der Waals surface area (Å²) < 4.78 is 16.1. The van der Waals surface area contributed by atoms with Gasteiger partial charge in [-0.1, -0.05) is 25.5 Å². The molecule has 0 spiro atoms. The summed E-state index contributed by atoms with van der Waals surface area (Å²) in [6, 6.07) is 7.59. The Hall–Kier alpha value is -2.67. The van der Waals surface area contributed by atoms with Crippen LogP contribution in [0.25, 0.3) is 11.5 Å². The van der Waals surface area contributed by atoms with Crippen LogP contribution in [0.4, 0.5) is 0 Å². The van der Waals surface area contributed by atoms with Gasteiger partial charge in [0.1, 0.15) is 12.4 Å². The van der Waals surface area contributed by atoms with Crippen molar-refractivity contribution in [2.24, 2.45) is 23.7 Å². The molecule has 1 heterocycles. The monoisotopic (exact) mass is 427 g/mol. The van der Waals surface area contributed by atoms with E-state index in [1.807, 2.05) is 24.3 Å². The highest BCUT2D eigenvalue weighted by atomic mass is 16.5. The van der Waals surface area contributed by atoms with Gasteiger partial charge in [-0.2, -0.15) is 0 Å². The molecule has 31 heavy (non-hydrogen) atoms. The molecule has 2 aromatic rings. The summed E-state index contributed by atoms with van der Waals surface area (Å²) in [6.07, 6.45) is 4.06. The van der Waals surface area contributed by atoms with Crippen molar-refractivity contribution in [3.8, 4) is 17.2 Å². The van der Waals surface area contributed by atoms with Gasteiger partial charge >= 0.3 is 0 Å². The Balaban J connectivity index is 1.68. The number of carbonyl (C=O) groups excluding carboxylic acids is 1. The van der Waals surface area contributed by atoms with Crippen LogP contribution in [0, 0.1) is 23.7 Å². The molecule has 0 saturated carbocycles. The van der Waals surface area contributed by atoms with E-state index in [1.54, 1.807) is 7.11 Å². The third kappa shape index (κ3) is 5.94. The first-order chi connectivity index (χ1) is 14.9. The number of carbonyl (C=O) groups is 1. The molecule has 3 atom stereocenters. The molecule has 0 radical (unpaired) electrons. The zero-order chi connectivity index (χ0) is 22.4. The van der Waals surface area contributed by atoms with E-state index in [0.29, 0.717) is 42.0 Å². The van der Waals surface area contributed by atoms with Crippen LogP contribution in [0.3, 0.4) is 0 Å². The predicted octanol–water partition coefficient (Wildman–Crippen LogP) is 3.90. The Bertz CT molecular complexity index is 888. The van der Waals surface area contributed by atoms with Gasteiger partial charge in [0.25, 0.3) is 0 Å². The molecule has 1 aromatic carbocycles. The third-order valence-corrected chi connectivity index (χ3v) is 6.12. The average Bonchev–Trinajstić information content (AvgIpc) is 3.22. The molecule has 1 aliphatic carbocycles. The van der Waals surface area contributed by atoms with Gasteiger partial charge in [-0.3, -0.25) is 4.79 Å². The minimum absolute atomic E-state index is 0.0740. The fourth-order valence-electron chi connectivity index (χ4n) is 4.32. The van der Waals surface area contributed by atoms with Gasteiger partial charge in [0.2, 0.25) is 17.7 Å². The van der Waals surface area contributed by atoms with Gasteiger partial charge in [0.15, 0.2) is 0 Å². The number of rotatable bonds is 9. The quantitative estimate of drug-likeness (QED) is 0.611. The van der Waals surface area contributed by atoms with Crippen LogP contribution < -0.4 is 10.1 Å². The lowest BCUT2D eigenvalue weighted by Gasteiger charge is -2.37. The molecule has 1 amide bonds. The smallest absolute Gasteiger partial charge is 0.247 e. The van der Waals surface area contributed by atoms with E-state index in [9.17, 15) is 4.79 Å². The summed E-state index contributed by atoms with van der Waals surface area (Å²) in [5.74, 6) is 3.53. The van der Waals surface area contributed by atoms with Crippen molar-refractivity contribution in [1.29, 1.82) is 0 Å². The zero-order valence-electron chi connectivity index (χ0n) is 19.1.